The SMILES string of the molecule is COc1cccc(NC(=O)CSc2nc(CC(=O)Nc3cccc(C(F)(F)F)c3)cs2)c1. The van der Waals surface area contributed by atoms with Crippen LogP contribution in [0.25, 0.3) is 0 Å². The minimum atomic E-state index is -4.49. The molecule has 2 amide bonds. The van der Waals surface area contributed by atoms with Gasteiger partial charge >= 0.3 is 6.18 Å². The van der Waals surface area contributed by atoms with Gasteiger partial charge in [-0.05, 0) is 30.3 Å². The van der Waals surface area contributed by atoms with Gasteiger partial charge in [-0.1, -0.05) is 23.9 Å². The Labute approximate surface area is 190 Å². The molecule has 0 bridgehead atoms. The minimum absolute atomic E-state index is 0.0591. The molecule has 0 saturated carbocycles. The summed E-state index contributed by atoms with van der Waals surface area (Å²) in [5.74, 6) is 0.0494. The molecular formula is C21H18F3N3O3S2. The fraction of sp³-hybridized carbons (Fsp3) is 0.190. The van der Waals surface area contributed by atoms with Gasteiger partial charge in [-0.15, -0.1) is 11.3 Å². The maximum Gasteiger partial charge on any atom is 0.416 e. The summed E-state index contributed by atoms with van der Waals surface area (Å²) in [4.78, 5) is 28.6. The van der Waals surface area contributed by atoms with Crippen molar-refractivity contribution < 1.29 is 27.5 Å². The number of thiazole rings is 1. The maximum absolute atomic E-state index is 12.8. The van der Waals surface area contributed by atoms with E-state index in [0.29, 0.717) is 21.5 Å². The molecule has 0 atom stereocenters. The number of halogens is 3. The first-order valence-electron chi connectivity index (χ1n) is 9.21. The fourth-order valence-electron chi connectivity index (χ4n) is 2.60. The molecule has 0 aliphatic heterocycles. The summed E-state index contributed by atoms with van der Waals surface area (Å²) in [5, 5.41) is 6.88. The lowest BCUT2D eigenvalue weighted by Gasteiger charge is -2.09. The van der Waals surface area contributed by atoms with Gasteiger partial charge < -0.3 is 15.4 Å². The number of alkyl halides is 3. The van der Waals surface area contributed by atoms with Crippen molar-refractivity contribution in [3.63, 3.8) is 0 Å². The van der Waals surface area contributed by atoms with E-state index in [1.165, 1.54) is 42.3 Å². The number of aromatic nitrogens is 1. The summed E-state index contributed by atoms with van der Waals surface area (Å²) in [6, 6.07) is 11.4. The van der Waals surface area contributed by atoms with Gasteiger partial charge in [-0.3, -0.25) is 9.59 Å². The number of thioether (sulfide) groups is 1. The van der Waals surface area contributed by atoms with Crippen LogP contribution in [0.5, 0.6) is 5.75 Å². The van der Waals surface area contributed by atoms with Crippen LogP contribution in [0.3, 0.4) is 0 Å². The van der Waals surface area contributed by atoms with Crippen LogP contribution in [0, 0.1) is 0 Å². The molecule has 168 valence electrons. The number of carbonyl (C=O) groups is 2. The Morgan fingerprint density at radius 3 is 2.47 bits per heavy atom. The number of hydrogen-bond acceptors (Lipinski definition) is 6. The van der Waals surface area contributed by atoms with Gasteiger partial charge in [0.25, 0.3) is 0 Å². The van der Waals surface area contributed by atoms with Crippen molar-refractivity contribution in [2.45, 2.75) is 16.9 Å². The average molecular weight is 482 g/mol. The molecule has 0 saturated heterocycles. The number of anilines is 2. The summed E-state index contributed by atoms with van der Waals surface area (Å²) in [5.41, 5.74) is 0.301. The van der Waals surface area contributed by atoms with Crippen LogP contribution in [0.4, 0.5) is 24.5 Å². The van der Waals surface area contributed by atoms with Gasteiger partial charge in [0, 0.05) is 22.8 Å². The van der Waals surface area contributed by atoms with E-state index in [2.05, 4.69) is 15.6 Å². The second-order valence-corrected chi connectivity index (χ2v) is 8.56. The standard InChI is InChI=1S/C21H18F3N3O3S2/c1-30-17-7-3-6-15(9-17)26-19(29)12-32-20-27-16(11-31-20)10-18(28)25-14-5-2-4-13(8-14)21(22,23)24/h2-9,11H,10,12H2,1H3,(H,25,28)(H,26,29). The van der Waals surface area contributed by atoms with E-state index in [-0.39, 0.29) is 23.8 Å². The third-order valence-electron chi connectivity index (χ3n) is 4.03. The fourth-order valence-corrected chi connectivity index (χ4v) is 4.25. The predicted octanol–water partition coefficient (Wildman–Crippen LogP) is 5.08. The quantitative estimate of drug-likeness (QED) is 0.439. The van der Waals surface area contributed by atoms with E-state index < -0.39 is 17.6 Å². The minimum Gasteiger partial charge on any atom is -0.497 e. The zero-order chi connectivity index (χ0) is 23.1. The Morgan fingerprint density at radius 2 is 1.75 bits per heavy atom. The predicted molar refractivity (Wildman–Crippen MR) is 118 cm³/mol. The van der Waals surface area contributed by atoms with E-state index >= 15 is 0 Å². The van der Waals surface area contributed by atoms with Crippen LogP contribution >= 0.6 is 23.1 Å². The highest BCUT2D eigenvalue weighted by molar-refractivity contribution is 8.01. The molecule has 0 spiro atoms. The van der Waals surface area contributed by atoms with Gasteiger partial charge in [-0.2, -0.15) is 13.2 Å². The van der Waals surface area contributed by atoms with Crippen LogP contribution in [-0.2, 0) is 22.2 Å². The lowest BCUT2D eigenvalue weighted by Crippen LogP contribution is -2.15. The van der Waals surface area contributed by atoms with E-state index in [4.69, 9.17) is 4.74 Å². The van der Waals surface area contributed by atoms with Crippen LogP contribution in [0.1, 0.15) is 11.3 Å². The van der Waals surface area contributed by atoms with Crippen LogP contribution in [-0.4, -0.2) is 29.7 Å². The van der Waals surface area contributed by atoms with E-state index in [1.807, 2.05) is 0 Å². The number of nitrogens with one attached hydrogen (secondary N) is 2. The van der Waals surface area contributed by atoms with Crippen molar-refractivity contribution in [2.75, 3.05) is 23.5 Å². The van der Waals surface area contributed by atoms with E-state index in [9.17, 15) is 22.8 Å². The second-order valence-electron chi connectivity index (χ2n) is 6.48. The Morgan fingerprint density at radius 1 is 1.06 bits per heavy atom. The van der Waals surface area contributed by atoms with Crippen LogP contribution < -0.4 is 15.4 Å². The number of amides is 2. The monoisotopic (exact) mass is 481 g/mol. The topological polar surface area (TPSA) is 80.3 Å². The highest BCUT2D eigenvalue weighted by Crippen LogP contribution is 2.30. The van der Waals surface area contributed by atoms with Gasteiger partial charge in [-0.25, -0.2) is 4.98 Å². The molecule has 0 fully saturated rings. The second kappa shape index (κ2) is 10.5. The lowest BCUT2D eigenvalue weighted by atomic mass is 10.2. The number of ether oxygens (including phenoxy) is 1. The summed E-state index contributed by atoms with van der Waals surface area (Å²) >= 11 is 2.50. The smallest absolute Gasteiger partial charge is 0.416 e. The first kappa shape index (κ1) is 23.6. The Balaban J connectivity index is 1.49. The average Bonchev–Trinajstić information content (AvgIpc) is 3.19. The molecule has 3 aromatic rings. The normalized spacial score (nSPS) is 11.1. The molecule has 1 aromatic heterocycles. The molecular weight excluding hydrogens is 463 g/mol. The third-order valence-corrected chi connectivity index (χ3v) is 6.10. The molecule has 0 aliphatic carbocycles. The highest BCUT2D eigenvalue weighted by Gasteiger charge is 2.30. The van der Waals surface area contributed by atoms with E-state index in [0.717, 1.165) is 12.1 Å². The number of benzene rings is 2. The van der Waals surface area contributed by atoms with E-state index in [1.54, 1.807) is 29.6 Å². The van der Waals surface area contributed by atoms with Crippen molar-refractivity contribution in [1.29, 1.82) is 0 Å². The number of rotatable bonds is 8. The van der Waals surface area contributed by atoms with Crippen molar-refractivity contribution in [3.8, 4) is 5.75 Å². The first-order valence-corrected chi connectivity index (χ1v) is 11.1. The Bertz CT molecular complexity index is 1100. The molecule has 32 heavy (non-hydrogen) atoms. The van der Waals surface area contributed by atoms with Crippen molar-refractivity contribution in [1.82, 2.24) is 4.98 Å². The summed E-state index contributed by atoms with van der Waals surface area (Å²) in [7, 11) is 1.54. The number of hydrogen-bond donors (Lipinski definition) is 2. The molecule has 0 aliphatic rings. The van der Waals surface area contributed by atoms with Gasteiger partial charge in [0.05, 0.1) is 30.5 Å². The molecule has 11 heteroatoms. The largest absolute Gasteiger partial charge is 0.497 e. The molecule has 0 unspecified atom stereocenters. The maximum atomic E-state index is 12.8. The van der Waals surface area contributed by atoms with Crippen molar-refractivity contribution in [3.05, 3.63) is 65.2 Å². The Kier molecular flexibility index (Phi) is 7.75. The number of nitrogens with zero attached hydrogens (tertiary/aromatic N) is 1. The third kappa shape index (κ3) is 6.99. The first-order chi connectivity index (χ1) is 15.2. The molecule has 2 aromatic carbocycles. The molecule has 1 heterocycles. The summed E-state index contributed by atoms with van der Waals surface area (Å²) in [6.45, 7) is 0. The van der Waals surface area contributed by atoms with Gasteiger partial charge in [0.2, 0.25) is 11.8 Å². The molecule has 0 radical (unpaired) electrons. The molecule has 2 N–H and O–H groups in total. The zero-order valence-corrected chi connectivity index (χ0v) is 18.4. The van der Waals surface area contributed by atoms with Gasteiger partial charge in [0.1, 0.15) is 5.75 Å². The highest BCUT2D eigenvalue weighted by atomic mass is 32.2. The lowest BCUT2D eigenvalue weighted by molar-refractivity contribution is -0.137. The van der Waals surface area contributed by atoms with Crippen molar-refractivity contribution >= 4 is 46.3 Å². The van der Waals surface area contributed by atoms with Crippen LogP contribution in [0.15, 0.2) is 58.3 Å². The van der Waals surface area contributed by atoms with Gasteiger partial charge in [0.15, 0.2) is 4.34 Å². The summed E-state index contributed by atoms with van der Waals surface area (Å²) in [6.07, 6.45) is -4.58. The summed E-state index contributed by atoms with van der Waals surface area (Å²) < 4.78 is 44.1. The van der Waals surface area contributed by atoms with Crippen molar-refractivity contribution in [2.24, 2.45) is 0 Å². The Hall–Kier alpha value is -3.05. The zero-order valence-electron chi connectivity index (χ0n) is 16.7. The number of carbonyl (C=O) groups excluding carboxylic acids is 2. The molecule has 6 nitrogen and oxygen atoms in total. The number of methoxy groups -OCH3 is 1. The molecule has 3 rings (SSSR count). The van der Waals surface area contributed by atoms with Crippen LogP contribution in [0.2, 0.25) is 0 Å².